The minimum absolute atomic E-state index is 0.0888. The fourth-order valence-corrected chi connectivity index (χ4v) is 6.85. The predicted octanol–water partition coefficient (Wildman–Crippen LogP) is 4.36. The summed E-state index contributed by atoms with van der Waals surface area (Å²) in [6.45, 7) is 1.25. The number of aliphatic hydroxyl groups excluding tert-OH is 1. The Bertz CT molecular complexity index is 1220. The number of nitrogens with one attached hydrogen (secondary N) is 3. The number of carbonyl (C=O) groups is 2. The molecule has 1 aromatic heterocycles. The van der Waals surface area contributed by atoms with Crippen molar-refractivity contribution >= 4 is 45.9 Å². The number of hydrogen-bond acceptors (Lipinski definition) is 5. The third kappa shape index (κ3) is 5.33. The lowest BCUT2D eigenvalue weighted by atomic mass is 9.72. The van der Waals surface area contributed by atoms with E-state index in [0.717, 1.165) is 50.5 Å². The van der Waals surface area contributed by atoms with E-state index in [2.05, 4.69) is 21.7 Å². The number of aromatic amines is 1. The highest BCUT2D eigenvalue weighted by molar-refractivity contribution is 6.45. The number of H-pyrrole nitrogens is 1. The number of benzene rings is 1. The first-order chi connectivity index (χ1) is 17.8. The average Bonchev–Trinajstić information content (AvgIpc) is 3.50. The Labute approximate surface area is 226 Å². The van der Waals surface area contributed by atoms with Crippen molar-refractivity contribution in [1.29, 1.82) is 5.26 Å². The van der Waals surface area contributed by atoms with E-state index in [1.165, 1.54) is 6.42 Å². The van der Waals surface area contributed by atoms with E-state index in [1.54, 1.807) is 23.1 Å². The maximum atomic E-state index is 13.8. The van der Waals surface area contributed by atoms with Gasteiger partial charge in [-0.15, -0.1) is 0 Å². The minimum Gasteiger partial charge on any atom is -0.378 e. The molecular formula is C27H33Cl2N5O3. The van der Waals surface area contributed by atoms with Gasteiger partial charge in [-0.3, -0.25) is 14.9 Å². The fourth-order valence-electron chi connectivity index (χ4n) is 6.48. The predicted molar refractivity (Wildman–Crippen MR) is 142 cm³/mol. The molecule has 5 rings (SSSR count). The zero-order valence-corrected chi connectivity index (χ0v) is 22.2. The highest BCUT2D eigenvalue weighted by atomic mass is 35.5. The third-order valence-corrected chi connectivity index (χ3v) is 9.27. The number of nitrogens with zero attached hydrogens (tertiary/aromatic N) is 2. The van der Waals surface area contributed by atoms with Gasteiger partial charge in [0.2, 0.25) is 5.91 Å². The number of hydrogen-bond donors (Lipinski definition) is 4. The van der Waals surface area contributed by atoms with Gasteiger partial charge in [-0.1, -0.05) is 48.5 Å². The summed E-state index contributed by atoms with van der Waals surface area (Å²) in [6, 6.07) is 6.04. The standard InChI is InChI=1S/C27H33Cl2N5O3/c28-19-7-6-16-12-20(33-23(16)22(19)29)26(37)34-15-27(8-2-1-3-9-27)13-21(34)25(36)32-18(14-30)11-17-5-4-10-31-24(17)35/h6-7,12,17-18,21,24,31,33,35H,1-5,8-11,13,15H2,(H,32,36). The Morgan fingerprint density at radius 1 is 1.24 bits per heavy atom. The quantitative estimate of drug-likeness (QED) is 0.444. The van der Waals surface area contributed by atoms with Crippen LogP contribution in [0, 0.1) is 22.7 Å². The van der Waals surface area contributed by atoms with Crippen molar-refractivity contribution in [3.05, 3.63) is 33.9 Å². The molecule has 2 saturated heterocycles. The molecule has 3 heterocycles. The van der Waals surface area contributed by atoms with E-state index < -0.39 is 18.3 Å². The van der Waals surface area contributed by atoms with Crippen molar-refractivity contribution in [2.24, 2.45) is 11.3 Å². The first-order valence-electron chi connectivity index (χ1n) is 13.2. The van der Waals surface area contributed by atoms with Gasteiger partial charge < -0.3 is 20.3 Å². The number of carbonyl (C=O) groups excluding carboxylic acids is 2. The molecule has 2 amide bonds. The van der Waals surface area contributed by atoms with Crippen LogP contribution < -0.4 is 10.6 Å². The molecular weight excluding hydrogens is 513 g/mol. The summed E-state index contributed by atoms with van der Waals surface area (Å²) in [5, 5.41) is 27.5. The number of amides is 2. The lowest BCUT2D eigenvalue weighted by Gasteiger charge is -2.32. The zero-order chi connectivity index (χ0) is 26.2. The van der Waals surface area contributed by atoms with Crippen LogP contribution in [0.1, 0.15) is 68.3 Å². The summed E-state index contributed by atoms with van der Waals surface area (Å²) in [5.41, 5.74) is 0.862. The van der Waals surface area contributed by atoms with Gasteiger partial charge in [-0.2, -0.15) is 5.26 Å². The van der Waals surface area contributed by atoms with Crippen LogP contribution in [0.3, 0.4) is 0 Å². The maximum Gasteiger partial charge on any atom is 0.271 e. The molecule has 198 valence electrons. The van der Waals surface area contributed by atoms with Crippen molar-refractivity contribution in [3.63, 3.8) is 0 Å². The first-order valence-corrected chi connectivity index (χ1v) is 13.9. The second-order valence-corrected chi connectivity index (χ2v) is 11.7. The molecule has 1 aliphatic carbocycles. The van der Waals surface area contributed by atoms with E-state index in [-0.39, 0.29) is 23.1 Å². The van der Waals surface area contributed by atoms with Crippen LogP contribution >= 0.6 is 23.2 Å². The second kappa shape index (κ2) is 10.8. The highest BCUT2D eigenvalue weighted by Gasteiger charge is 2.49. The molecule has 0 bridgehead atoms. The smallest absolute Gasteiger partial charge is 0.271 e. The van der Waals surface area contributed by atoms with E-state index in [1.807, 2.05) is 0 Å². The number of piperidine rings is 1. The van der Waals surface area contributed by atoms with Crippen molar-refractivity contribution in [1.82, 2.24) is 20.5 Å². The number of fused-ring (bicyclic) bond motifs is 1. The SMILES string of the molecule is N#CC(CC1CCCNC1O)NC(=O)C1CC2(CCCCC2)CN1C(=O)c1cc2ccc(Cl)c(Cl)c2[nH]1. The van der Waals surface area contributed by atoms with Gasteiger partial charge in [-0.05, 0) is 62.6 Å². The Kier molecular flexibility index (Phi) is 7.69. The molecule has 10 heteroatoms. The van der Waals surface area contributed by atoms with Gasteiger partial charge in [0.15, 0.2) is 0 Å². The molecule has 4 unspecified atom stereocenters. The maximum absolute atomic E-state index is 13.8. The van der Waals surface area contributed by atoms with Crippen LogP contribution in [0.4, 0.5) is 0 Å². The number of likely N-dealkylation sites (tertiary alicyclic amines) is 1. The van der Waals surface area contributed by atoms with E-state index in [0.29, 0.717) is 40.6 Å². The third-order valence-electron chi connectivity index (χ3n) is 8.47. The highest BCUT2D eigenvalue weighted by Crippen LogP contribution is 2.47. The number of aliphatic hydroxyl groups is 1. The average molecular weight is 546 g/mol. The summed E-state index contributed by atoms with van der Waals surface area (Å²) >= 11 is 12.5. The number of nitriles is 1. The molecule has 3 fully saturated rings. The van der Waals surface area contributed by atoms with Crippen molar-refractivity contribution in [2.45, 2.75) is 76.1 Å². The van der Waals surface area contributed by atoms with E-state index in [9.17, 15) is 20.0 Å². The van der Waals surface area contributed by atoms with E-state index >= 15 is 0 Å². The van der Waals surface area contributed by atoms with Crippen molar-refractivity contribution in [2.75, 3.05) is 13.1 Å². The van der Waals surface area contributed by atoms with Gasteiger partial charge in [0.1, 0.15) is 24.0 Å². The molecule has 2 aromatic rings. The van der Waals surface area contributed by atoms with Crippen LogP contribution in [0.15, 0.2) is 18.2 Å². The van der Waals surface area contributed by atoms with Crippen LogP contribution in [0.25, 0.3) is 10.9 Å². The Morgan fingerprint density at radius 3 is 2.76 bits per heavy atom. The lowest BCUT2D eigenvalue weighted by molar-refractivity contribution is -0.125. The van der Waals surface area contributed by atoms with Gasteiger partial charge in [-0.25, -0.2) is 0 Å². The van der Waals surface area contributed by atoms with Crippen molar-refractivity contribution in [3.8, 4) is 6.07 Å². The number of aromatic nitrogens is 1. The summed E-state index contributed by atoms with van der Waals surface area (Å²) in [5.74, 6) is -0.670. The van der Waals surface area contributed by atoms with Crippen LogP contribution in [0.2, 0.25) is 10.0 Å². The van der Waals surface area contributed by atoms with Gasteiger partial charge in [0.05, 0.1) is 21.6 Å². The van der Waals surface area contributed by atoms with Gasteiger partial charge >= 0.3 is 0 Å². The first kappa shape index (κ1) is 26.3. The zero-order valence-electron chi connectivity index (χ0n) is 20.7. The second-order valence-electron chi connectivity index (χ2n) is 10.9. The molecule has 2 aliphatic heterocycles. The van der Waals surface area contributed by atoms with Crippen LogP contribution in [-0.4, -0.2) is 58.2 Å². The Morgan fingerprint density at radius 2 is 2.03 bits per heavy atom. The van der Waals surface area contributed by atoms with Gasteiger partial charge in [0, 0.05) is 17.8 Å². The molecule has 1 aromatic carbocycles. The molecule has 1 spiro atoms. The van der Waals surface area contributed by atoms with Crippen LogP contribution in [0.5, 0.6) is 0 Å². The topological polar surface area (TPSA) is 121 Å². The summed E-state index contributed by atoms with van der Waals surface area (Å²) in [6.07, 6.45) is 7.29. The molecule has 4 N–H and O–H groups in total. The molecule has 4 atom stereocenters. The number of rotatable bonds is 5. The molecule has 0 radical (unpaired) electrons. The normalized spacial score (nSPS) is 26.2. The largest absolute Gasteiger partial charge is 0.378 e. The summed E-state index contributed by atoms with van der Waals surface area (Å²) in [4.78, 5) is 32.2. The molecule has 1 saturated carbocycles. The summed E-state index contributed by atoms with van der Waals surface area (Å²) in [7, 11) is 0. The van der Waals surface area contributed by atoms with Gasteiger partial charge in [0.25, 0.3) is 5.91 Å². The molecule has 8 nitrogen and oxygen atoms in total. The summed E-state index contributed by atoms with van der Waals surface area (Å²) < 4.78 is 0. The lowest BCUT2D eigenvalue weighted by Crippen LogP contribution is -2.50. The monoisotopic (exact) mass is 545 g/mol. The Balaban J connectivity index is 1.38. The molecule has 3 aliphatic rings. The van der Waals surface area contributed by atoms with Crippen LogP contribution in [-0.2, 0) is 4.79 Å². The van der Waals surface area contributed by atoms with E-state index in [4.69, 9.17) is 23.2 Å². The van der Waals surface area contributed by atoms with Crippen molar-refractivity contribution < 1.29 is 14.7 Å². The minimum atomic E-state index is -0.735. The Hall–Kier alpha value is -2.31. The molecule has 37 heavy (non-hydrogen) atoms. The fraction of sp³-hybridized carbons (Fsp3) is 0.593. The number of halogens is 2.